The molecule has 0 aliphatic rings. The summed E-state index contributed by atoms with van der Waals surface area (Å²) >= 11 is 0. The Hall–Kier alpha value is -2.10. The lowest BCUT2D eigenvalue weighted by atomic mass is 10.1. The van der Waals surface area contributed by atoms with Gasteiger partial charge in [-0.25, -0.2) is 16.8 Å². The van der Waals surface area contributed by atoms with Gasteiger partial charge in [0.1, 0.15) is 34.9 Å². The zero-order valence-corrected chi connectivity index (χ0v) is 33.5. The molecule has 2 atom stereocenters. The van der Waals surface area contributed by atoms with E-state index >= 15 is 0 Å². The highest BCUT2D eigenvalue weighted by atomic mass is 32.2. The number of ketones is 2. The van der Waals surface area contributed by atoms with Crippen LogP contribution in [0.1, 0.15) is 68.2 Å². The van der Waals surface area contributed by atoms with Crippen molar-refractivity contribution < 1.29 is 69.2 Å². The molecule has 51 heavy (non-hydrogen) atoms. The van der Waals surface area contributed by atoms with Crippen LogP contribution >= 0.6 is 0 Å². The van der Waals surface area contributed by atoms with E-state index in [2.05, 4.69) is 0 Å². The number of esters is 2. The summed E-state index contributed by atoms with van der Waals surface area (Å²) in [5, 5.41) is 0. The van der Waals surface area contributed by atoms with E-state index in [1.54, 1.807) is 41.5 Å². The molecule has 19 heteroatoms. The summed E-state index contributed by atoms with van der Waals surface area (Å²) in [7, 11) is -7.73. The van der Waals surface area contributed by atoms with E-state index in [0.717, 1.165) is 21.1 Å². The average molecular weight is 777 g/mol. The summed E-state index contributed by atoms with van der Waals surface area (Å²) in [6, 6.07) is -2.60. The highest BCUT2D eigenvalue weighted by molar-refractivity contribution is 7.88. The van der Waals surface area contributed by atoms with Crippen molar-refractivity contribution in [2.45, 2.75) is 91.5 Å². The van der Waals surface area contributed by atoms with Gasteiger partial charge in [-0.1, -0.05) is 0 Å². The molecule has 0 saturated carbocycles. The van der Waals surface area contributed by atoms with Crippen molar-refractivity contribution in [3.8, 4) is 0 Å². The van der Waals surface area contributed by atoms with Crippen molar-refractivity contribution in [2.75, 3.05) is 91.7 Å². The molecular weight excluding hydrogens is 716 g/mol. The van der Waals surface area contributed by atoms with Gasteiger partial charge in [0.15, 0.2) is 0 Å². The second-order valence-electron chi connectivity index (χ2n) is 13.7. The zero-order chi connectivity index (χ0) is 39.5. The van der Waals surface area contributed by atoms with Gasteiger partial charge in [0.25, 0.3) is 0 Å². The van der Waals surface area contributed by atoms with Crippen LogP contribution in [0.2, 0.25) is 0 Å². The summed E-state index contributed by atoms with van der Waals surface area (Å²) < 4.78 is 89.4. The van der Waals surface area contributed by atoms with E-state index in [4.69, 9.17) is 33.2 Å². The smallest absolute Gasteiger partial charge is 0.325 e. The molecule has 300 valence electrons. The van der Waals surface area contributed by atoms with Crippen molar-refractivity contribution in [3.63, 3.8) is 0 Å². The lowest BCUT2D eigenvalue weighted by Gasteiger charge is -2.30. The maximum atomic E-state index is 12.7. The molecular formula is C32H60N2O15S2. The van der Waals surface area contributed by atoms with Gasteiger partial charge >= 0.3 is 11.9 Å². The second-order valence-corrected chi connectivity index (χ2v) is 17.6. The molecule has 0 bridgehead atoms. The lowest BCUT2D eigenvalue weighted by Crippen LogP contribution is -2.49. The first-order valence-corrected chi connectivity index (χ1v) is 20.3. The molecule has 0 spiro atoms. The summed E-state index contributed by atoms with van der Waals surface area (Å²) in [6.07, 6.45) is 1.27. The van der Waals surface area contributed by atoms with Crippen LogP contribution < -0.4 is 0 Å². The maximum Gasteiger partial charge on any atom is 0.325 e. The summed E-state index contributed by atoms with van der Waals surface area (Å²) in [4.78, 5) is 48.9. The first-order valence-electron chi connectivity index (χ1n) is 16.6. The van der Waals surface area contributed by atoms with E-state index in [0.29, 0.717) is 0 Å². The number of hydrogen-bond acceptors (Lipinski definition) is 15. The average Bonchev–Trinajstić information content (AvgIpc) is 2.93. The molecule has 0 heterocycles. The van der Waals surface area contributed by atoms with Crippen LogP contribution in [0.4, 0.5) is 0 Å². The second kappa shape index (κ2) is 23.5. The Morgan fingerprint density at radius 3 is 0.922 bits per heavy atom. The maximum absolute atomic E-state index is 12.7. The molecule has 0 rings (SSSR count). The summed E-state index contributed by atoms with van der Waals surface area (Å²) in [5.41, 5.74) is -1.72. The van der Waals surface area contributed by atoms with Crippen LogP contribution in [0.5, 0.6) is 0 Å². The number of sulfonamides is 2. The standard InChI is InChI=1S/C32H60N2O15S2/c1-25(35)23-27(29(37)48-31(3,4)5)33(50(9,39)40)11-13-43-15-17-45-19-21-47-22-20-46-18-16-44-14-12-34(51(10,41)42)28(24-26(2)36)30(38)49-32(6,7)8/h27-28H,11-24H2,1-10H3/t27-,28-/m0/s1. The molecule has 0 aromatic rings. The monoisotopic (exact) mass is 776 g/mol. The van der Waals surface area contributed by atoms with E-state index in [9.17, 15) is 36.0 Å². The molecule has 0 amide bonds. The van der Waals surface area contributed by atoms with Gasteiger partial charge in [0, 0.05) is 25.9 Å². The Kier molecular flexibility index (Phi) is 22.6. The lowest BCUT2D eigenvalue weighted by molar-refractivity contribution is -0.161. The molecule has 17 nitrogen and oxygen atoms in total. The molecule has 0 N–H and O–H groups in total. The zero-order valence-electron chi connectivity index (χ0n) is 31.9. The predicted molar refractivity (Wildman–Crippen MR) is 187 cm³/mol. The molecule has 0 fully saturated rings. The normalized spacial score (nSPS) is 14.0. The minimum atomic E-state index is -3.86. The van der Waals surface area contributed by atoms with Crippen LogP contribution in [-0.2, 0) is 72.4 Å². The number of hydrogen-bond donors (Lipinski definition) is 0. The Bertz CT molecular complexity index is 1190. The number of nitrogens with zero attached hydrogens (tertiary/aromatic N) is 2. The van der Waals surface area contributed by atoms with Crippen molar-refractivity contribution in [2.24, 2.45) is 0 Å². The Morgan fingerprint density at radius 2 is 0.725 bits per heavy atom. The van der Waals surface area contributed by atoms with Gasteiger partial charge in [0.2, 0.25) is 20.0 Å². The highest BCUT2D eigenvalue weighted by Gasteiger charge is 2.37. The largest absolute Gasteiger partial charge is 0.459 e. The number of ether oxygens (including phenoxy) is 7. The predicted octanol–water partition coefficient (Wildman–Crippen LogP) is 0.971. The highest BCUT2D eigenvalue weighted by Crippen LogP contribution is 2.18. The fourth-order valence-electron chi connectivity index (χ4n) is 4.29. The molecule has 0 aromatic heterocycles. The third kappa shape index (κ3) is 24.7. The molecule has 0 unspecified atom stereocenters. The van der Waals surface area contributed by atoms with Gasteiger partial charge in [-0.3, -0.25) is 19.2 Å². The van der Waals surface area contributed by atoms with Gasteiger partial charge < -0.3 is 33.2 Å². The fourth-order valence-corrected chi connectivity index (χ4v) is 6.34. The van der Waals surface area contributed by atoms with Crippen LogP contribution in [0.15, 0.2) is 0 Å². The number of carbonyl (C=O) groups excluding carboxylic acids is 4. The van der Waals surface area contributed by atoms with Gasteiger partial charge in [-0.2, -0.15) is 8.61 Å². The van der Waals surface area contributed by atoms with Crippen molar-refractivity contribution >= 4 is 43.6 Å². The quantitative estimate of drug-likeness (QED) is 0.0802. The van der Waals surface area contributed by atoms with Crippen molar-refractivity contribution in [1.29, 1.82) is 0 Å². The Balaban J connectivity index is 4.32. The van der Waals surface area contributed by atoms with Gasteiger partial charge in [0.05, 0.1) is 78.6 Å². The third-order valence-electron chi connectivity index (χ3n) is 6.27. The Labute approximate surface area is 304 Å². The summed E-state index contributed by atoms with van der Waals surface area (Å²) in [5.74, 6) is -2.33. The topological polar surface area (TPSA) is 208 Å². The van der Waals surface area contributed by atoms with E-state index in [-0.39, 0.29) is 104 Å². The van der Waals surface area contributed by atoms with E-state index in [1.807, 2.05) is 0 Å². The van der Waals surface area contributed by atoms with Crippen LogP contribution in [-0.4, -0.2) is 164 Å². The minimum Gasteiger partial charge on any atom is -0.459 e. The van der Waals surface area contributed by atoms with Gasteiger partial charge in [-0.15, -0.1) is 0 Å². The summed E-state index contributed by atoms with van der Waals surface area (Å²) in [6.45, 7) is 13.9. The molecule has 0 aliphatic carbocycles. The van der Waals surface area contributed by atoms with Gasteiger partial charge in [-0.05, 0) is 55.4 Å². The molecule has 0 aromatic carbocycles. The third-order valence-corrected chi connectivity index (χ3v) is 8.84. The molecule has 0 aliphatic heterocycles. The van der Waals surface area contributed by atoms with E-state index in [1.165, 1.54) is 13.8 Å². The molecule has 0 saturated heterocycles. The van der Waals surface area contributed by atoms with Crippen LogP contribution in [0.25, 0.3) is 0 Å². The Morgan fingerprint density at radius 1 is 0.490 bits per heavy atom. The van der Waals surface area contributed by atoms with Crippen molar-refractivity contribution in [3.05, 3.63) is 0 Å². The van der Waals surface area contributed by atoms with Crippen molar-refractivity contribution in [1.82, 2.24) is 8.61 Å². The van der Waals surface area contributed by atoms with Crippen LogP contribution in [0, 0.1) is 0 Å². The van der Waals surface area contributed by atoms with Crippen LogP contribution in [0.3, 0.4) is 0 Å². The first kappa shape index (κ1) is 48.9. The van der Waals surface area contributed by atoms with E-state index < -0.39 is 55.3 Å². The number of Topliss-reactive ketones (excluding diaryl/α,β-unsaturated/α-hetero) is 2. The first-order chi connectivity index (χ1) is 23.3. The molecule has 0 radical (unpaired) electrons. The SMILES string of the molecule is CC(=O)C[C@@H](C(=O)OC(C)(C)C)N(CCOCCOCCOCCOCCOCCN([C@@H](CC(C)=O)C(=O)OC(C)(C)C)S(C)(=O)=O)S(C)(=O)=O. The number of rotatable bonds is 28. The minimum absolute atomic E-state index is 0.0341. The number of carbonyl (C=O) groups is 4. The fraction of sp³-hybridized carbons (Fsp3) is 0.875.